The molecule has 1 aliphatic rings. The van der Waals surface area contributed by atoms with Crippen LogP contribution in [0.1, 0.15) is 12.8 Å². The molecule has 5 nitrogen and oxygen atoms in total. The Hall–Kier alpha value is -2.53. The van der Waals surface area contributed by atoms with Crippen LogP contribution in [-0.2, 0) is 0 Å². The first-order valence-electron chi connectivity index (χ1n) is 9.27. The third-order valence-electron chi connectivity index (χ3n) is 5.06. The molecular weight excluding hydrogens is 322 g/mol. The molecule has 26 heavy (non-hydrogen) atoms. The summed E-state index contributed by atoms with van der Waals surface area (Å²) in [5.41, 5.74) is 2.01. The van der Waals surface area contributed by atoms with Crippen LogP contribution in [-0.4, -0.2) is 53.6 Å². The lowest BCUT2D eigenvalue weighted by Gasteiger charge is -2.34. The number of pyridine rings is 1. The van der Waals surface area contributed by atoms with E-state index in [0.29, 0.717) is 0 Å². The normalized spacial score (nSPS) is 15.7. The van der Waals surface area contributed by atoms with Gasteiger partial charge in [0.1, 0.15) is 5.82 Å². The fourth-order valence-electron chi connectivity index (χ4n) is 3.77. The van der Waals surface area contributed by atoms with Crippen molar-refractivity contribution in [2.24, 2.45) is 5.92 Å². The quantitative estimate of drug-likeness (QED) is 0.723. The summed E-state index contributed by atoms with van der Waals surface area (Å²) in [7, 11) is 4.32. The highest BCUT2D eigenvalue weighted by Gasteiger charge is 2.23. The van der Waals surface area contributed by atoms with Crippen molar-refractivity contribution < 1.29 is 0 Å². The van der Waals surface area contributed by atoms with Gasteiger partial charge in [-0.1, -0.05) is 12.1 Å². The van der Waals surface area contributed by atoms with Crippen molar-refractivity contribution in [1.82, 2.24) is 19.9 Å². The highest BCUT2D eigenvalue weighted by molar-refractivity contribution is 5.91. The van der Waals surface area contributed by atoms with Crippen molar-refractivity contribution in [3.63, 3.8) is 0 Å². The Labute approximate surface area is 154 Å². The van der Waals surface area contributed by atoms with Crippen LogP contribution in [0.4, 0.5) is 5.82 Å². The minimum atomic E-state index is 0.772. The van der Waals surface area contributed by atoms with Gasteiger partial charge in [0, 0.05) is 43.0 Å². The molecule has 5 heteroatoms. The van der Waals surface area contributed by atoms with Gasteiger partial charge in [-0.05, 0) is 57.1 Å². The van der Waals surface area contributed by atoms with Crippen molar-refractivity contribution in [3.8, 4) is 11.4 Å². The number of rotatable bonds is 4. The van der Waals surface area contributed by atoms with Crippen molar-refractivity contribution in [1.29, 1.82) is 0 Å². The molecule has 4 rings (SSSR count). The highest BCUT2D eigenvalue weighted by Crippen LogP contribution is 2.30. The molecule has 3 aromatic rings. The van der Waals surface area contributed by atoms with Gasteiger partial charge in [-0.25, -0.2) is 9.97 Å². The van der Waals surface area contributed by atoms with Crippen molar-refractivity contribution in [3.05, 3.63) is 48.8 Å². The molecule has 0 N–H and O–H groups in total. The van der Waals surface area contributed by atoms with Crippen LogP contribution < -0.4 is 4.90 Å². The smallest absolute Gasteiger partial charge is 0.162 e. The zero-order chi connectivity index (χ0) is 17.9. The maximum Gasteiger partial charge on any atom is 0.162 e. The third kappa shape index (κ3) is 3.53. The summed E-state index contributed by atoms with van der Waals surface area (Å²) >= 11 is 0. The standard InChI is InChI=1S/C21H25N5/c1-25(2)15-16-9-13-26(14-10-16)21-18-5-3-4-6-19(18)23-20(24-21)17-7-11-22-12-8-17/h3-8,11-12,16H,9-10,13-15H2,1-2H3. The van der Waals surface area contributed by atoms with Crippen molar-refractivity contribution in [2.75, 3.05) is 38.6 Å². The molecule has 3 heterocycles. The summed E-state index contributed by atoms with van der Waals surface area (Å²) in [4.78, 5) is 18.6. The fraction of sp³-hybridized carbons (Fsp3) is 0.381. The summed E-state index contributed by atoms with van der Waals surface area (Å²) in [5.74, 6) is 2.61. The maximum atomic E-state index is 4.96. The number of piperidine rings is 1. The lowest BCUT2D eigenvalue weighted by molar-refractivity contribution is 0.285. The van der Waals surface area contributed by atoms with Gasteiger partial charge in [0.2, 0.25) is 0 Å². The van der Waals surface area contributed by atoms with Gasteiger partial charge in [0.15, 0.2) is 5.82 Å². The Bertz CT molecular complexity index is 870. The molecule has 1 fully saturated rings. The SMILES string of the molecule is CN(C)CC1CCN(c2nc(-c3ccncc3)nc3ccccc23)CC1. The van der Waals surface area contributed by atoms with E-state index in [4.69, 9.17) is 9.97 Å². The van der Waals surface area contributed by atoms with Crippen LogP contribution >= 0.6 is 0 Å². The summed E-state index contributed by atoms with van der Waals surface area (Å²) in [6.07, 6.45) is 6.00. The third-order valence-corrected chi connectivity index (χ3v) is 5.06. The molecule has 1 saturated heterocycles. The molecule has 0 unspecified atom stereocenters. The molecule has 0 amide bonds. The van der Waals surface area contributed by atoms with E-state index in [2.05, 4.69) is 47.1 Å². The molecule has 0 saturated carbocycles. The Morgan fingerprint density at radius 3 is 2.46 bits per heavy atom. The molecule has 1 aliphatic heterocycles. The van der Waals surface area contributed by atoms with Gasteiger partial charge < -0.3 is 9.80 Å². The lowest BCUT2D eigenvalue weighted by Crippen LogP contribution is -2.37. The first kappa shape index (κ1) is 16.9. The topological polar surface area (TPSA) is 45.2 Å². The van der Waals surface area contributed by atoms with E-state index in [9.17, 15) is 0 Å². The van der Waals surface area contributed by atoms with E-state index in [-0.39, 0.29) is 0 Å². The van der Waals surface area contributed by atoms with Gasteiger partial charge in [0.25, 0.3) is 0 Å². The number of hydrogen-bond acceptors (Lipinski definition) is 5. The summed E-state index contributed by atoms with van der Waals surface area (Å²) < 4.78 is 0. The number of aromatic nitrogens is 3. The minimum absolute atomic E-state index is 0.772. The average molecular weight is 347 g/mol. The van der Waals surface area contributed by atoms with Gasteiger partial charge >= 0.3 is 0 Å². The summed E-state index contributed by atoms with van der Waals surface area (Å²) in [6, 6.07) is 12.3. The number of anilines is 1. The van der Waals surface area contributed by atoms with Crippen LogP contribution in [0, 0.1) is 5.92 Å². The molecule has 0 spiro atoms. The van der Waals surface area contributed by atoms with Crippen LogP contribution in [0.25, 0.3) is 22.3 Å². The Morgan fingerprint density at radius 2 is 1.73 bits per heavy atom. The van der Waals surface area contributed by atoms with Crippen LogP contribution in [0.15, 0.2) is 48.8 Å². The van der Waals surface area contributed by atoms with Crippen LogP contribution in [0.2, 0.25) is 0 Å². The molecular formula is C21H25N5. The fourth-order valence-corrected chi connectivity index (χ4v) is 3.77. The molecule has 1 aromatic carbocycles. The number of para-hydroxylation sites is 1. The Morgan fingerprint density at radius 1 is 1.00 bits per heavy atom. The lowest BCUT2D eigenvalue weighted by atomic mass is 9.96. The molecule has 0 bridgehead atoms. The second-order valence-corrected chi connectivity index (χ2v) is 7.32. The molecule has 0 atom stereocenters. The maximum absolute atomic E-state index is 4.96. The van der Waals surface area contributed by atoms with E-state index in [0.717, 1.165) is 47.1 Å². The van der Waals surface area contributed by atoms with E-state index >= 15 is 0 Å². The van der Waals surface area contributed by atoms with E-state index in [1.807, 2.05) is 18.2 Å². The highest BCUT2D eigenvalue weighted by atomic mass is 15.2. The molecule has 134 valence electrons. The number of fused-ring (bicyclic) bond motifs is 1. The van der Waals surface area contributed by atoms with E-state index < -0.39 is 0 Å². The number of nitrogens with zero attached hydrogens (tertiary/aromatic N) is 5. The zero-order valence-corrected chi connectivity index (χ0v) is 15.5. The van der Waals surface area contributed by atoms with Crippen LogP contribution in [0.3, 0.4) is 0 Å². The predicted octanol–water partition coefficient (Wildman–Crippen LogP) is 3.47. The van der Waals surface area contributed by atoms with Gasteiger partial charge in [-0.15, -0.1) is 0 Å². The van der Waals surface area contributed by atoms with Gasteiger partial charge in [-0.2, -0.15) is 0 Å². The second-order valence-electron chi connectivity index (χ2n) is 7.32. The number of hydrogen-bond donors (Lipinski definition) is 0. The monoisotopic (exact) mass is 347 g/mol. The zero-order valence-electron chi connectivity index (χ0n) is 15.5. The van der Waals surface area contributed by atoms with Crippen molar-refractivity contribution in [2.45, 2.75) is 12.8 Å². The van der Waals surface area contributed by atoms with E-state index in [1.165, 1.54) is 19.4 Å². The first-order chi connectivity index (χ1) is 12.7. The molecule has 0 radical (unpaired) electrons. The predicted molar refractivity (Wildman–Crippen MR) is 106 cm³/mol. The van der Waals surface area contributed by atoms with Gasteiger partial charge in [0.05, 0.1) is 5.52 Å². The van der Waals surface area contributed by atoms with Crippen LogP contribution in [0.5, 0.6) is 0 Å². The Kier molecular flexibility index (Phi) is 4.80. The molecule has 0 aliphatic carbocycles. The number of benzene rings is 1. The van der Waals surface area contributed by atoms with Gasteiger partial charge in [-0.3, -0.25) is 4.98 Å². The minimum Gasteiger partial charge on any atom is -0.356 e. The van der Waals surface area contributed by atoms with E-state index in [1.54, 1.807) is 12.4 Å². The average Bonchev–Trinajstić information content (AvgIpc) is 2.68. The molecule has 2 aromatic heterocycles. The largest absolute Gasteiger partial charge is 0.356 e. The second kappa shape index (κ2) is 7.38. The first-order valence-corrected chi connectivity index (χ1v) is 9.27. The summed E-state index contributed by atoms with van der Waals surface area (Å²) in [5, 5.41) is 1.14. The Balaban J connectivity index is 1.68. The van der Waals surface area contributed by atoms with Crippen molar-refractivity contribution >= 4 is 16.7 Å². The summed E-state index contributed by atoms with van der Waals surface area (Å²) in [6.45, 7) is 3.27.